The molecule has 0 amide bonds. The van der Waals surface area contributed by atoms with Crippen LogP contribution in [0.5, 0.6) is 0 Å². The van der Waals surface area contributed by atoms with Crippen molar-refractivity contribution in [3.05, 3.63) is 35.4 Å². The fraction of sp³-hybridized carbons (Fsp3) is 0.562. The molecule has 1 saturated heterocycles. The van der Waals surface area contributed by atoms with E-state index in [9.17, 15) is 18.0 Å². The lowest BCUT2D eigenvalue weighted by atomic mass is 9.96. The van der Waals surface area contributed by atoms with E-state index >= 15 is 0 Å². The van der Waals surface area contributed by atoms with Crippen LogP contribution < -0.4 is 0 Å². The summed E-state index contributed by atoms with van der Waals surface area (Å²) >= 11 is 0. The van der Waals surface area contributed by atoms with Gasteiger partial charge < -0.3 is 9.84 Å². The average molecular weight is 331 g/mol. The highest BCUT2D eigenvalue weighted by Gasteiger charge is 2.57. The summed E-state index contributed by atoms with van der Waals surface area (Å²) in [5, 5.41) is 8.87. The Morgan fingerprint density at radius 3 is 2.26 bits per heavy atom. The molecule has 128 valence electrons. The maximum atomic E-state index is 13.3. The Hall–Kier alpha value is -1.60. The highest BCUT2D eigenvalue weighted by atomic mass is 19.4. The van der Waals surface area contributed by atoms with Crippen molar-refractivity contribution in [2.45, 2.75) is 44.7 Å². The van der Waals surface area contributed by atoms with E-state index in [-0.39, 0.29) is 12.1 Å². The lowest BCUT2D eigenvalue weighted by Crippen LogP contribution is -2.63. The van der Waals surface area contributed by atoms with Crippen LogP contribution in [0.4, 0.5) is 13.2 Å². The number of hydrogen-bond donors (Lipinski definition) is 1. The standard InChI is InChI=1S/C16H20F3NO3/c1-14(2)9-20(10-15(3,23-14)16(17,18)19)8-11-4-6-12(7-5-11)13(21)22/h4-7H,8-10H2,1-3H3,(H,21,22). The van der Waals surface area contributed by atoms with Gasteiger partial charge in [-0.1, -0.05) is 12.1 Å². The van der Waals surface area contributed by atoms with Crippen molar-refractivity contribution in [3.8, 4) is 0 Å². The smallest absolute Gasteiger partial charge is 0.418 e. The second-order valence-corrected chi connectivity index (χ2v) is 6.74. The summed E-state index contributed by atoms with van der Waals surface area (Å²) in [6.45, 7) is 4.74. The minimum atomic E-state index is -4.46. The van der Waals surface area contributed by atoms with Crippen LogP contribution in [-0.4, -0.2) is 46.4 Å². The first-order chi connectivity index (χ1) is 10.4. The van der Waals surface area contributed by atoms with Crippen molar-refractivity contribution in [1.29, 1.82) is 0 Å². The Balaban J connectivity index is 2.17. The van der Waals surface area contributed by atoms with Gasteiger partial charge in [-0.25, -0.2) is 4.79 Å². The van der Waals surface area contributed by atoms with Gasteiger partial charge >= 0.3 is 12.1 Å². The van der Waals surface area contributed by atoms with Crippen LogP contribution in [0.3, 0.4) is 0 Å². The van der Waals surface area contributed by atoms with Crippen LogP contribution >= 0.6 is 0 Å². The fourth-order valence-corrected chi connectivity index (χ4v) is 2.97. The van der Waals surface area contributed by atoms with Gasteiger partial charge in [0.25, 0.3) is 0 Å². The maximum Gasteiger partial charge on any atom is 0.418 e. The third-order valence-electron chi connectivity index (χ3n) is 3.84. The van der Waals surface area contributed by atoms with Crippen LogP contribution in [0.1, 0.15) is 36.7 Å². The molecule has 1 unspecified atom stereocenters. The summed E-state index contributed by atoms with van der Waals surface area (Å²) in [4.78, 5) is 12.5. The molecule has 0 radical (unpaired) electrons. The molecule has 1 atom stereocenters. The van der Waals surface area contributed by atoms with Crippen LogP contribution in [-0.2, 0) is 11.3 Å². The highest BCUT2D eigenvalue weighted by molar-refractivity contribution is 5.87. The predicted molar refractivity (Wildman–Crippen MR) is 78.3 cm³/mol. The normalized spacial score (nSPS) is 25.3. The molecular weight excluding hydrogens is 311 g/mol. The third-order valence-corrected chi connectivity index (χ3v) is 3.84. The van der Waals surface area contributed by atoms with E-state index in [1.54, 1.807) is 30.9 Å². The number of aromatic carboxylic acids is 1. The summed E-state index contributed by atoms with van der Waals surface area (Å²) in [5.74, 6) is -1.03. The van der Waals surface area contributed by atoms with Crippen LogP contribution in [0.15, 0.2) is 24.3 Å². The number of carboxylic acid groups (broad SMARTS) is 1. The molecule has 0 spiro atoms. The number of nitrogens with zero attached hydrogens (tertiary/aromatic N) is 1. The molecule has 1 heterocycles. The number of ether oxygens (including phenoxy) is 1. The van der Waals surface area contributed by atoms with E-state index in [4.69, 9.17) is 9.84 Å². The number of rotatable bonds is 3. The second kappa shape index (κ2) is 5.79. The van der Waals surface area contributed by atoms with Crippen molar-refractivity contribution in [3.63, 3.8) is 0 Å². The van der Waals surface area contributed by atoms with Crippen molar-refractivity contribution in [2.24, 2.45) is 0 Å². The zero-order valence-corrected chi connectivity index (χ0v) is 13.3. The molecule has 1 N–H and O–H groups in total. The van der Waals surface area contributed by atoms with E-state index in [0.717, 1.165) is 12.5 Å². The Labute approximate surface area is 132 Å². The van der Waals surface area contributed by atoms with Crippen LogP contribution in [0, 0.1) is 0 Å². The van der Waals surface area contributed by atoms with Crippen molar-refractivity contribution in [2.75, 3.05) is 13.1 Å². The molecule has 0 bridgehead atoms. The van der Waals surface area contributed by atoms with E-state index < -0.39 is 23.3 Å². The van der Waals surface area contributed by atoms with Crippen molar-refractivity contribution in [1.82, 2.24) is 4.90 Å². The number of carboxylic acids is 1. The molecule has 1 aromatic rings. The summed E-state index contributed by atoms with van der Waals surface area (Å²) in [6, 6.07) is 6.14. The predicted octanol–water partition coefficient (Wildman–Crippen LogP) is 3.32. The topological polar surface area (TPSA) is 49.8 Å². The van der Waals surface area contributed by atoms with Gasteiger partial charge in [-0.05, 0) is 38.5 Å². The molecule has 1 fully saturated rings. The molecule has 2 rings (SSSR count). The van der Waals surface area contributed by atoms with Crippen LogP contribution in [0.25, 0.3) is 0 Å². The molecule has 0 aromatic heterocycles. The summed E-state index contributed by atoms with van der Waals surface area (Å²) < 4.78 is 45.2. The first kappa shape index (κ1) is 17.7. The first-order valence-electron chi connectivity index (χ1n) is 7.23. The Morgan fingerprint density at radius 1 is 1.22 bits per heavy atom. The second-order valence-electron chi connectivity index (χ2n) is 6.74. The number of hydrogen-bond acceptors (Lipinski definition) is 3. The van der Waals surface area contributed by atoms with Gasteiger partial charge in [-0.2, -0.15) is 13.2 Å². The van der Waals surface area contributed by atoms with Gasteiger partial charge in [0.2, 0.25) is 0 Å². The average Bonchev–Trinajstić information content (AvgIpc) is 2.35. The molecule has 0 aliphatic carbocycles. The molecular formula is C16H20F3NO3. The van der Waals surface area contributed by atoms with E-state index in [2.05, 4.69) is 0 Å². The maximum absolute atomic E-state index is 13.3. The van der Waals surface area contributed by atoms with Gasteiger partial charge in [-0.15, -0.1) is 0 Å². The largest absolute Gasteiger partial charge is 0.478 e. The molecule has 7 heteroatoms. The number of benzene rings is 1. The van der Waals surface area contributed by atoms with Crippen molar-refractivity contribution >= 4 is 5.97 Å². The minimum Gasteiger partial charge on any atom is -0.478 e. The molecule has 1 aromatic carbocycles. The molecule has 4 nitrogen and oxygen atoms in total. The SMILES string of the molecule is CC1(C)CN(Cc2ccc(C(=O)O)cc2)CC(C)(C(F)(F)F)O1. The molecule has 0 saturated carbocycles. The van der Waals surface area contributed by atoms with Gasteiger partial charge in [0, 0.05) is 19.6 Å². The fourth-order valence-electron chi connectivity index (χ4n) is 2.97. The zero-order chi connectivity index (χ0) is 17.5. The highest BCUT2D eigenvalue weighted by Crippen LogP contribution is 2.40. The Morgan fingerprint density at radius 2 is 1.78 bits per heavy atom. The quantitative estimate of drug-likeness (QED) is 0.923. The van der Waals surface area contributed by atoms with Gasteiger partial charge in [-0.3, -0.25) is 4.90 Å². The van der Waals surface area contributed by atoms with E-state index in [0.29, 0.717) is 13.1 Å². The Bertz CT molecular complexity index is 583. The lowest BCUT2D eigenvalue weighted by Gasteiger charge is -2.49. The number of alkyl halides is 3. The first-order valence-corrected chi connectivity index (χ1v) is 7.23. The van der Waals surface area contributed by atoms with Gasteiger partial charge in [0.15, 0.2) is 5.60 Å². The van der Waals surface area contributed by atoms with E-state index in [1.807, 2.05) is 0 Å². The summed E-state index contributed by atoms with van der Waals surface area (Å²) in [7, 11) is 0. The van der Waals surface area contributed by atoms with E-state index in [1.165, 1.54) is 12.1 Å². The molecule has 1 aliphatic rings. The Kier molecular flexibility index (Phi) is 4.47. The summed E-state index contributed by atoms with van der Waals surface area (Å²) in [5.41, 5.74) is -2.24. The number of morpholine rings is 1. The van der Waals surface area contributed by atoms with Crippen molar-refractivity contribution < 1.29 is 27.8 Å². The minimum absolute atomic E-state index is 0.149. The zero-order valence-electron chi connectivity index (χ0n) is 13.3. The monoisotopic (exact) mass is 331 g/mol. The number of halogens is 3. The molecule has 1 aliphatic heterocycles. The summed E-state index contributed by atoms with van der Waals surface area (Å²) in [6.07, 6.45) is -4.46. The number of carbonyl (C=O) groups is 1. The van der Waals surface area contributed by atoms with Gasteiger partial charge in [0.05, 0.1) is 11.2 Å². The molecule has 23 heavy (non-hydrogen) atoms. The lowest BCUT2D eigenvalue weighted by molar-refractivity contribution is -0.323. The van der Waals surface area contributed by atoms with Crippen LogP contribution in [0.2, 0.25) is 0 Å². The van der Waals surface area contributed by atoms with Gasteiger partial charge in [0.1, 0.15) is 0 Å². The third kappa shape index (κ3) is 4.03.